The SMILES string of the molecule is COc1cccc(CCN2CCCC(NC(C)C)C2=O)c1. The Morgan fingerprint density at radius 2 is 2.24 bits per heavy atom. The molecule has 1 saturated heterocycles. The van der Waals surface area contributed by atoms with Crippen molar-refractivity contribution in [3.8, 4) is 5.75 Å². The summed E-state index contributed by atoms with van der Waals surface area (Å²) in [5.41, 5.74) is 1.21. The second kappa shape index (κ2) is 7.46. The fourth-order valence-corrected chi connectivity index (χ4v) is 2.81. The van der Waals surface area contributed by atoms with Gasteiger partial charge >= 0.3 is 0 Å². The van der Waals surface area contributed by atoms with Crippen molar-refractivity contribution in [3.05, 3.63) is 29.8 Å². The summed E-state index contributed by atoms with van der Waals surface area (Å²) in [5, 5.41) is 3.37. The molecule has 0 saturated carbocycles. The number of rotatable bonds is 6. The number of amides is 1. The van der Waals surface area contributed by atoms with Gasteiger partial charge in [-0.3, -0.25) is 4.79 Å². The van der Waals surface area contributed by atoms with E-state index in [4.69, 9.17) is 4.74 Å². The number of ether oxygens (including phenoxy) is 1. The average Bonchev–Trinajstić information content (AvgIpc) is 2.48. The topological polar surface area (TPSA) is 41.6 Å². The monoisotopic (exact) mass is 290 g/mol. The van der Waals surface area contributed by atoms with Crippen molar-refractivity contribution in [2.75, 3.05) is 20.2 Å². The molecule has 1 aliphatic rings. The van der Waals surface area contributed by atoms with Gasteiger partial charge < -0.3 is 15.0 Å². The Balaban J connectivity index is 1.91. The molecule has 1 fully saturated rings. The number of benzene rings is 1. The van der Waals surface area contributed by atoms with Gasteiger partial charge in [0.1, 0.15) is 5.75 Å². The van der Waals surface area contributed by atoms with Crippen molar-refractivity contribution in [1.29, 1.82) is 0 Å². The van der Waals surface area contributed by atoms with Gasteiger partial charge in [-0.1, -0.05) is 26.0 Å². The standard InChI is InChI=1S/C17H26N2O2/c1-13(2)18-16-8-5-10-19(17(16)20)11-9-14-6-4-7-15(12-14)21-3/h4,6-7,12-13,16,18H,5,8-11H2,1-3H3. The zero-order valence-electron chi connectivity index (χ0n) is 13.3. The quantitative estimate of drug-likeness (QED) is 0.873. The normalized spacial score (nSPS) is 19.1. The molecule has 0 aliphatic carbocycles. The van der Waals surface area contributed by atoms with Gasteiger partial charge in [-0.05, 0) is 37.0 Å². The maximum atomic E-state index is 12.4. The third-order valence-electron chi connectivity index (χ3n) is 3.87. The zero-order chi connectivity index (χ0) is 15.2. The Hall–Kier alpha value is -1.55. The molecular formula is C17H26N2O2. The molecule has 1 unspecified atom stereocenters. The van der Waals surface area contributed by atoms with Crippen LogP contribution in [0.5, 0.6) is 5.75 Å². The van der Waals surface area contributed by atoms with Crippen molar-refractivity contribution in [2.24, 2.45) is 0 Å². The van der Waals surface area contributed by atoms with Gasteiger partial charge in [0, 0.05) is 19.1 Å². The summed E-state index contributed by atoms with van der Waals surface area (Å²) in [5.74, 6) is 1.12. The van der Waals surface area contributed by atoms with Crippen LogP contribution in [0.25, 0.3) is 0 Å². The molecule has 0 aromatic heterocycles. The molecule has 1 aromatic rings. The summed E-state index contributed by atoms with van der Waals surface area (Å²) in [6.45, 7) is 5.83. The maximum Gasteiger partial charge on any atom is 0.239 e. The van der Waals surface area contributed by atoms with Crippen LogP contribution in [-0.2, 0) is 11.2 Å². The van der Waals surface area contributed by atoms with Crippen LogP contribution in [-0.4, -0.2) is 43.1 Å². The zero-order valence-corrected chi connectivity index (χ0v) is 13.3. The molecule has 1 N–H and O–H groups in total. The summed E-state index contributed by atoms with van der Waals surface area (Å²) in [6, 6.07) is 8.40. The molecule has 4 heteroatoms. The van der Waals surface area contributed by atoms with Crippen LogP contribution < -0.4 is 10.1 Å². The maximum absolute atomic E-state index is 12.4. The molecule has 1 aromatic carbocycles. The van der Waals surface area contributed by atoms with E-state index in [2.05, 4.69) is 25.2 Å². The Kier molecular flexibility index (Phi) is 5.62. The predicted molar refractivity (Wildman–Crippen MR) is 84.6 cm³/mol. The molecule has 0 bridgehead atoms. The number of hydrogen-bond acceptors (Lipinski definition) is 3. The average molecular weight is 290 g/mol. The molecule has 1 amide bonds. The molecule has 116 valence electrons. The third-order valence-corrected chi connectivity index (χ3v) is 3.87. The first-order valence-electron chi connectivity index (χ1n) is 7.78. The van der Waals surface area contributed by atoms with Gasteiger partial charge in [0.2, 0.25) is 5.91 Å². The largest absolute Gasteiger partial charge is 0.497 e. The van der Waals surface area contributed by atoms with E-state index in [0.717, 1.165) is 38.1 Å². The highest BCUT2D eigenvalue weighted by molar-refractivity contribution is 5.82. The molecule has 4 nitrogen and oxygen atoms in total. The van der Waals surface area contributed by atoms with Crippen molar-refractivity contribution in [1.82, 2.24) is 10.2 Å². The van der Waals surface area contributed by atoms with Crippen molar-refractivity contribution in [2.45, 2.75) is 45.2 Å². The number of nitrogens with zero attached hydrogens (tertiary/aromatic N) is 1. The molecule has 1 atom stereocenters. The van der Waals surface area contributed by atoms with Crippen LogP contribution in [0.4, 0.5) is 0 Å². The Bertz CT molecular complexity index is 474. The summed E-state index contributed by atoms with van der Waals surface area (Å²) >= 11 is 0. The number of piperidine rings is 1. The van der Waals surface area contributed by atoms with Crippen LogP contribution in [0.3, 0.4) is 0 Å². The van der Waals surface area contributed by atoms with Crippen molar-refractivity contribution >= 4 is 5.91 Å². The number of carbonyl (C=O) groups excluding carboxylic acids is 1. The van der Waals surface area contributed by atoms with Crippen LogP contribution in [0.2, 0.25) is 0 Å². The van der Waals surface area contributed by atoms with Crippen LogP contribution in [0.1, 0.15) is 32.3 Å². The lowest BCUT2D eigenvalue weighted by Gasteiger charge is -2.33. The van der Waals surface area contributed by atoms with Gasteiger partial charge in [0.05, 0.1) is 13.2 Å². The van der Waals surface area contributed by atoms with E-state index in [1.807, 2.05) is 23.1 Å². The highest BCUT2D eigenvalue weighted by Gasteiger charge is 2.28. The summed E-state index contributed by atoms with van der Waals surface area (Å²) < 4.78 is 5.24. The smallest absolute Gasteiger partial charge is 0.239 e. The summed E-state index contributed by atoms with van der Waals surface area (Å²) in [6.07, 6.45) is 2.90. The molecule has 0 spiro atoms. The van der Waals surface area contributed by atoms with E-state index < -0.39 is 0 Å². The van der Waals surface area contributed by atoms with Gasteiger partial charge in [-0.25, -0.2) is 0 Å². The highest BCUT2D eigenvalue weighted by Crippen LogP contribution is 2.16. The molecule has 21 heavy (non-hydrogen) atoms. The van der Waals surface area contributed by atoms with E-state index in [-0.39, 0.29) is 11.9 Å². The molecule has 1 aliphatic heterocycles. The molecular weight excluding hydrogens is 264 g/mol. The third kappa shape index (κ3) is 4.46. The fraction of sp³-hybridized carbons (Fsp3) is 0.588. The van der Waals surface area contributed by atoms with E-state index in [9.17, 15) is 4.79 Å². The lowest BCUT2D eigenvalue weighted by atomic mass is 10.0. The number of methoxy groups -OCH3 is 1. The minimum atomic E-state index is -0.0101. The number of hydrogen-bond donors (Lipinski definition) is 1. The van der Waals surface area contributed by atoms with Gasteiger partial charge in [-0.15, -0.1) is 0 Å². The Morgan fingerprint density at radius 1 is 1.43 bits per heavy atom. The second-order valence-corrected chi connectivity index (χ2v) is 5.94. The van der Waals surface area contributed by atoms with Crippen molar-refractivity contribution in [3.63, 3.8) is 0 Å². The first kappa shape index (κ1) is 15.8. The lowest BCUT2D eigenvalue weighted by Crippen LogP contribution is -2.52. The molecule has 0 radical (unpaired) electrons. The Labute approximate surface area is 127 Å². The number of carbonyl (C=O) groups is 1. The highest BCUT2D eigenvalue weighted by atomic mass is 16.5. The summed E-state index contributed by atoms with van der Waals surface area (Å²) in [4.78, 5) is 14.4. The van der Waals surface area contributed by atoms with E-state index >= 15 is 0 Å². The molecule has 2 rings (SSSR count). The number of nitrogens with one attached hydrogen (secondary N) is 1. The fourth-order valence-electron chi connectivity index (χ4n) is 2.81. The summed E-state index contributed by atoms with van der Waals surface area (Å²) in [7, 11) is 1.68. The van der Waals surface area contributed by atoms with Crippen LogP contribution in [0, 0.1) is 0 Å². The lowest BCUT2D eigenvalue weighted by molar-refractivity contribution is -0.136. The van der Waals surface area contributed by atoms with Gasteiger partial charge in [0.25, 0.3) is 0 Å². The van der Waals surface area contributed by atoms with E-state index in [1.165, 1.54) is 5.56 Å². The Morgan fingerprint density at radius 3 is 2.95 bits per heavy atom. The van der Waals surface area contributed by atoms with Crippen molar-refractivity contribution < 1.29 is 9.53 Å². The molecule has 1 heterocycles. The first-order valence-corrected chi connectivity index (χ1v) is 7.78. The number of likely N-dealkylation sites (tertiary alicyclic amines) is 1. The van der Waals surface area contributed by atoms with Gasteiger partial charge in [-0.2, -0.15) is 0 Å². The minimum absolute atomic E-state index is 0.0101. The van der Waals surface area contributed by atoms with Crippen LogP contribution in [0.15, 0.2) is 24.3 Å². The van der Waals surface area contributed by atoms with Crippen LogP contribution >= 0.6 is 0 Å². The van der Waals surface area contributed by atoms with E-state index in [1.54, 1.807) is 7.11 Å². The predicted octanol–water partition coefficient (Wildman–Crippen LogP) is 2.23. The van der Waals surface area contributed by atoms with Gasteiger partial charge in [0.15, 0.2) is 0 Å². The van der Waals surface area contributed by atoms with E-state index in [0.29, 0.717) is 6.04 Å². The minimum Gasteiger partial charge on any atom is -0.497 e. The second-order valence-electron chi connectivity index (χ2n) is 5.94. The first-order chi connectivity index (χ1) is 10.1.